The standard InChI is InChI=1S/C29H37F3N4O5S/c1-28(2,3)41-27(39)36-13-5-7-22(16-36)40-17-25(37)35-12-4-6-20(15-35)26(38)33-14-24-34-23(18-42-24)19-8-10-21(11-9-19)29(30,31)32/h8-11,18,20,22H,4-7,12-17H2,1-3H3,(H,33,38)/t20-,22-/m0/s1. The zero-order valence-electron chi connectivity index (χ0n) is 24.0. The molecule has 2 aliphatic heterocycles. The van der Waals surface area contributed by atoms with E-state index in [9.17, 15) is 27.6 Å². The van der Waals surface area contributed by atoms with Crippen molar-refractivity contribution >= 4 is 29.2 Å². The predicted octanol–water partition coefficient (Wildman–Crippen LogP) is 5.10. The third-order valence-electron chi connectivity index (χ3n) is 7.09. The first-order valence-corrected chi connectivity index (χ1v) is 14.9. The van der Waals surface area contributed by atoms with Crippen LogP contribution < -0.4 is 5.32 Å². The van der Waals surface area contributed by atoms with Crippen LogP contribution in [0.4, 0.5) is 18.0 Å². The van der Waals surface area contributed by atoms with Crippen LogP contribution in [0, 0.1) is 5.92 Å². The zero-order valence-corrected chi connectivity index (χ0v) is 24.9. The lowest BCUT2D eigenvalue weighted by molar-refractivity contribution is -0.142. The largest absolute Gasteiger partial charge is 0.444 e. The molecular weight excluding hydrogens is 573 g/mol. The molecule has 2 aromatic rings. The Hall–Kier alpha value is -3.19. The maximum absolute atomic E-state index is 12.9. The number of hydrogen-bond acceptors (Lipinski definition) is 7. The molecule has 3 heterocycles. The monoisotopic (exact) mass is 610 g/mol. The molecule has 42 heavy (non-hydrogen) atoms. The van der Waals surface area contributed by atoms with E-state index in [0.717, 1.165) is 25.0 Å². The van der Waals surface area contributed by atoms with Crippen molar-refractivity contribution in [1.82, 2.24) is 20.1 Å². The average molecular weight is 611 g/mol. The van der Waals surface area contributed by atoms with E-state index in [1.807, 2.05) is 20.8 Å². The second-order valence-corrected chi connectivity index (χ2v) is 12.5. The quantitative estimate of drug-likeness (QED) is 0.468. The Labute approximate surface area is 247 Å². The zero-order chi connectivity index (χ0) is 30.5. The number of alkyl halides is 3. The number of benzene rings is 1. The molecule has 0 saturated carbocycles. The molecule has 2 atom stereocenters. The fourth-order valence-corrected chi connectivity index (χ4v) is 5.67. The van der Waals surface area contributed by atoms with Gasteiger partial charge < -0.3 is 24.6 Å². The van der Waals surface area contributed by atoms with E-state index in [1.165, 1.54) is 23.5 Å². The SMILES string of the molecule is CC(C)(C)OC(=O)N1CCC[C@H](OCC(=O)N2CCC[C@H](C(=O)NCc3nc(-c4ccc(C(F)(F)F)cc4)cs3)C2)C1. The Morgan fingerprint density at radius 1 is 1.02 bits per heavy atom. The van der Waals surface area contributed by atoms with Crippen LogP contribution in [0.5, 0.6) is 0 Å². The van der Waals surface area contributed by atoms with Gasteiger partial charge in [0.05, 0.1) is 36.4 Å². The number of carbonyl (C=O) groups is 3. The van der Waals surface area contributed by atoms with E-state index >= 15 is 0 Å². The summed E-state index contributed by atoms with van der Waals surface area (Å²) in [5.41, 5.74) is -0.207. The van der Waals surface area contributed by atoms with Crippen molar-refractivity contribution in [3.8, 4) is 11.3 Å². The molecule has 0 aliphatic carbocycles. The molecule has 0 spiro atoms. The molecule has 0 bridgehead atoms. The van der Waals surface area contributed by atoms with Crippen molar-refractivity contribution in [2.24, 2.45) is 5.92 Å². The van der Waals surface area contributed by atoms with Gasteiger partial charge in [-0.1, -0.05) is 12.1 Å². The summed E-state index contributed by atoms with van der Waals surface area (Å²) >= 11 is 1.31. The number of thiazole rings is 1. The Kier molecular flexibility index (Phi) is 10.1. The Balaban J connectivity index is 1.22. The summed E-state index contributed by atoms with van der Waals surface area (Å²) in [5, 5.41) is 5.25. The van der Waals surface area contributed by atoms with Gasteiger partial charge in [0.2, 0.25) is 11.8 Å². The lowest BCUT2D eigenvalue weighted by Crippen LogP contribution is -2.48. The molecule has 0 unspecified atom stereocenters. The van der Waals surface area contributed by atoms with Crippen molar-refractivity contribution in [1.29, 1.82) is 0 Å². The summed E-state index contributed by atoms with van der Waals surface area (Å²) in [6, 6.07) is 4.79. The molecule has 1 aromatic heterocycles. The minimum absolute atomic E-state index is 0.118. The lowest BCUT2D eigenvalue weighted by Gasteiger charge is -2.35. The molecule has 1 aromatic carbocycles. The third kappa shape index (κ3) is 8.90. The summed E-state index contributed by atoms with van der Waals surface area (Å²) in [6.45, 7) is 7.30. The maximum Gasteiger partial charge on any atom is 0.416 e. The van der Waals surface area contributed by atoms with Crippen LogP contribution in [0.25, 0.3) is 11.3 Å². The third-order valence-corrected chi connectivity index (χ3v) is 7.94. The first-order chi connectivity index (χ1) is 19.8. The number of hydrogen-bond donors (Lipinski definition) is 1. The van der Waals surface area contributed by atoms with Crippen LogP contribution in [0.3, 0.4) is 0 Å². The van der Waals surface area contributed by atoms with Crippen LogP contribution in [-0.2, 0) is 31.8 Å². The van der Waals surface area contributed by atoms with Crippen LogP contribution in [-0.4, -0.2) is 77.2 Å². The van der Waals surface area contributed by atoms with Crippen molar-refractivity contribution in [3.05, 3.63) is 40.2 Å². The van der Waals surface area contributed by atoms with Crippen molar-refractivity contribution in [2.75, 3.05) is 32.8 Å². The van der Waals surface area contributed by atoms with E-state index in [1.54, 1.807) is 15.2 Å². The highest BCUT2D eigenvalue weighted by molar-refractivity contribution is 7.09. The molecule has 13 heteroatoms. The number of aromatic nitrogens is 1. The van der Waals surface area contributed by atoms with Gasteiger partial charge in [-0.2, -0.15) is 13.2 Å². The van der Waals surface area contributed by atoms with Crippen LogP contribution >= 0.6 is 11.3 Å². The van der Waals surface area contributed by atoms with Crippen LogP contribution in [0.1, 0.15) is 57.0 Å². The second kappa shape index (κ2) is 13.4. The fraction of sp³-hybridized carbons (Fsp3) is 0.586. The summed E-state index contributed by atoms with van der Waals surface area (Å²) in [4.78, 5) is 45.9. The number of amides is 3. The van der Waals surface area contributed by atoms with Crippen LogP contribution in [0.2, 0.25) is 0 Å². The normalized spacial score (nSPS) is 19.9. The topological polar surface area (TPSA) is 101 Å². The molecule has 2 saturated heterocycles. The highest BCUT2D eigenvalue weighted by Gasteiger charge is 2.32. The van der Waals surface area contributed by atoms with Gasteiger partial charge in [-0.15, -0.1) is 11.3 Å². The first kappa shape index (κ1) is 31.7. The molecule has 3 amide bonds. The van der Waals surface area contributed by atoms with Gasteiger partial charge in [-0.05, 0) is 58.6 Å². The van der Waals surface area contributed by atoms with Gasteiger partial charge in [-0.25, -0.2) is 9.78 Å². The number of nitrogens with zero attached hydrogens (tertiary/aromatic N) is 3. The van der Waals surface area contributed by atoms with E-state index in [4.69, 9.17) is 9.47 Å². The summed E-state index contributed by atoms with van der Waals surface area (Å²) in [5.74, 6) is -0.739. The Bertz CT molecular complexity index is 1250. The fourth-order valence-electron chi connectivity index (χ4n) is 4.93. The van der Waals surface area contributed by atoms with Crippen molar-refractivity contribution in [3.63, 3.8) is 0 Å². The highest BCUT2D eigenvalue weighted by Crippen LogP contribution is 2.31. The number of carbonyl (C=O) groups excluding carboxylic acids is 3. The molecule has 2 fully saturated rings. The molecule has 1 N–H and O–H groups in total. The molecule has 2 aliphatic rings. The number of ether oxygens (including phenoxy) is 2. The van der Waals surface area contributed by atoms with E-state index in [-0.39, 0.29) is 49.6 Å². The number of rotatable bonds is 7. The van der Waals surface area contributed by atoms with E-state index in [0.29, 0.717) is 48.7 Å². The van der Waals surface area contributed by atoms with Gasteiger partial charge in [0, 0.05) is 30.6 Å². The Morgan fingerprint density at radius 2 is 1.71 bits per heavy atom. The lowest BCUT2D eigenvalue weighted by atomic mass is 9.97. The van der Waals surface area contributed by atoms with Gasteiger partial charge in [-0.3, -0.25) is 9.59 Å². The second-order valence-electron chi connectivity index (χ2n) is 11.6. The molecule has 0 radical (unpaired) electrons. The van der Waals surface area contributed by atoms with Gasteiger partial charge >= 0.3 is 12.3 Å². The molecular formula is C29H37F3N4O5S. The summed E-state index contributed by atoms with van der Waals surface area (Å²) in [7, 11) is 0. The number of halogens is 3. The Morgan fingerprint density at radius 3 is 2.40 bits per heavy atom. The minimum atomic E-state index is -4.40. The molecule has 230 valence electrons. The van der Waals surface area contributed by atoms with Gasteiger partial charge in [0.25, 0.3) is 0 Å². The molecule has 9 nitrogen and oxygen atoms in total. The maximum atomic E-state index is 12.9. The van der Waals surface area contributed by atoms with Gasteiger partial charge in [0.1, 0.15) is 17.2 Å². The number of piperidine rings is 2. The summed E-state index contributed by atoms with van der Waals surface area (Å²) in [6.07, 6.45) is -2.20. The highest BCUT2D eigenvalue weighted by atomic mass is 32.1. The van der Waals surface area contributed by atoms with Gasteiger partial charge in [0.15, 0.2) is 0 Å². The average Bonchev–Trinajstić information content (AvgIpc) is 3.43. The molecule has 4 rings (SSSR count). The predicted molar refractivity (Wildman–Crippen MR) is 150 cm³/mol. The van der Waals surface area contributed by atoms with E-state index < -0.39 is 17.3 Å². The number of nitrogens with one attached hydrogen (secondary N) is 1. The van der Waals surface area contributed by atoms with Crippen LogP contribution in [0.15, 0.2) is 29.6 Å². The van der Waals surface area contributed by atoms with E-state index in [2.05, 4.69) is 10.3 Å². The number of likely N-dealkylation sites (tertiary alicyclic amines) is 2. The van der Waals surface area contributed by atoms with Crippen molar-refractivity contribution in [2.45, 2.75) is 70.9 Å². The smallest absolute Gasteiger partial charge is 0.416 e. The summed E-state index contributed by atoms with van der Waals surface area (Å²) < 4.78 is 49.8. The minimum Gasteiger partial charge on any atom is -0.444 e. The van der Waals surface area contributed by atoms with Crippen molar-refractivity contribution < 1.29 is 37.0 Å². The first-order valence-electron chi connectivity index (χ1n) is 14.1.